The molecule has 114 valence electrons. The van der Waals surface area contributed by atoms with E-state index in [1.165, 1.54) is 0 Å². The van der Waals surface area contributed by atoms with E-state index in [9.17, 15) is 9.59 Å². The largest absolute Gasteiger partial charge is 0.353 e. The van der Waals surface area contributed by atoms with Crippen LogP contribution in [0.5, 0.6) is 0 Å². The average Bonchev–Trinajstić information content (AvgIpc) is 2.47. The zero-order valence-corrected chi connectivity index (χ0v) is 13.2. The summed E-state index contributed by atoms with van der Waals surface area (Å²) in [7, 11) is 0. The maximum Gasteiger partial charge on any atom is 0.318 e. The van der Waals surface area contributed by atoms with Crippen LogP contribution in [-0.2, 0) is 11.3 Å². The van der Waals surface area contributed by atoms with Gasteiger partial charge < -0.3 is 15.5 Å². The Kier molecular flexibility index (Phi) is 5.31. The molecule has 2 N–H and O–H groups in total. The number of amides is 3. The van der Waals surface area contributed by atoms with Crippen molar-refractivity contribution in [2.75, 3.05) is 13.1 Å². The summed E-state index contributed by atoms with van der Waals surface area (Å²) in [6, 6.07) is 4.40. The molecule has 7 heteroatoms. The van der Waals surface area contributed by atoms with Gasteiger partial charge in [0.25, 0.3) is 0 Å². The number of nitrogens with zero attached hydrogens (tertiary/aromatic N) is 1. The van der Waals surface area contributed by atoms with Gasteiger partial charge in [-0.3, -0.25) is 4.79 Å². The van der Waals surface area contributed by atoms with Crippen LogP contribution in [0.1, 0.15) is 18.9 Å². The SMILES string of the molecule is CC[C@H]1C(=O)NCCN1C(=O)NCc1cc(Cl)ccc1Cl. The number of carbonyl (C=O) groups excluding carboxylic acids is 2. The molecule has 1 fully saturated rings. The molecule has 1 atom stereocenters. The minimum Gasteiger partial charge on any atom is -0.353 e. The summed E-state index contributed by atoms with van der Waals surface area (Å²) >= 11 is 12.0. The minimum atomic E-state index is -0.423. The molecule has 1 heterocycles. The van der Waals surface area contributed by atoms with E-state index in [2.05, 4.69) is 10.6 Å². The molecule has 0 radical (unpaired) electrons. The van der Waals surface area contributed by atoms with Gasteiger partial charge in [0, 0.05) is 29.7 Å². The van der Waals surface area contributed by atoms with Crippen LogP contribution >= 0.6 is 23.2 Å². The lowest BCUT2D eigenvalue weighted by Gasteiger charge is -2.34. The van der Waals surface area contributed by atoms with Crippen molar-refractivity contribution in [2.24, 2.45) is 0 Å². The molecule has 1 aromatic carbocycles. The quantitative estimate of drug-likeness (QED) is 0.894. The number of halogens is 2. The Morgan fingerprint density at radius 3 is 2.95 bits per heavy atom. The Hall–Kier alpha value is -1.46. The molecular weight excluding hydrogens is 313 g/mol. The molecular formula is C14H17Cl2N3O2. The third kappa shape index (κ3) is 3.80. The van der Waals surface area contributed by atoms with E-state index in [-0.39, 0.29) is 18.5 Å². The molecule has 0 bridgehead atoms. The molecule has 5 nitrogen and oxygen atoms in total. The lowest BCUT2D eigenvalue weighted by molar-refractivity contribution is -0.127. The number of urea groups is 1. The lowest BCUT2D eigenvalue weighted by Crippen LogP contribution is -2.59. The Balaban J connectivity index is 2.00. The normalized spacial score (nSPS) is 18.3. The van der Waals surface area contributed by atoms with Crippen LogP contribution in [0.2, 0.25) is 10.0 Å². The average molecular weight is 330 g/mol. The van der Waals surface area contributed by atoms with Crippen molar-refractivity contribution < 1.29 is 9.59 Å². The van der Waals surface area contributed by atoms with E-state index >= 15 is 0 Å². The van der Waals surface area contributed by atoms with Gasteiger partial charge in [-0.2, -0.15) is 0 Å². The fourth-order valence-corrected chi connectivity index (χ4v) is 2.69. The number of nitrogens with one attached hydrogen (secondary N) is 2. The van der Waals surface area contributed by atoms with Crippen molar-refractivity contribution in [1.82, 2.24) is 15.5 Å². The van der Waals surface area contributed by atoms with Gasteiger partial charge in [-0.15, -0.1) is 0 Å². The first-order valence-electron chi connectivity index (χ1n) is 6.79. The molecule has 3 amide bonds. The van der Waals surface area contributed by atoms with Crippen molar-refractivity contribution in [1.29, 1.82) is 0 Å². The van der Waals surface area contributed by atoms with Gasteiger partial charge in [0.15, 0.2) is 0 Å². The first-order valence-corrected chi connectivity index (χ1v) is 7.54. The zero-order valence-electron chi connectivity index (χ0n) is 11.7. The summed E-state index contributed by atoms with van der Waals surface area (Å²) in [4.78, 5) is 25.5. The van der Waals surface area contributed by atoms with E-state index in [0.717, 1.165) is 5.56 Å². The summed E-state index contributed by atoms with van der Waals surface area (Å²) in [5.41, 5.74) is 0.743. The Morgan fingerprint density at radius 2 is 2.24 bits per heavy atom. The maximum atomic E-state index is 12.2. The second kappa shape index (κ2) is 7.00. The molecule has 0 saturated carbocycles. The van der Waals surface area contributed by atoms with Crippen LogP contribution in [0.4, 0.5) is 4.79 Å². The number of hydrogen-bond acceptors (Lipinski definition) is 2. The van der Waals surface area contributed by atoms with Crippen LogP contribution in [0, 0.1) is 0 Å². The highest BCUT2D eigenvalue weighted by atomic mass is 35.5. The summed E-state index contributed by atoms with van der Waals surface area (Å²) in [5, 5.41) is 6.65. The lowest BCUT2D eigenvalue weighted by atomic mass is 10.1. The predicted molar refractivity (Wildman–Crippen MR) is 82.5 cm³/mol. The monoisotopic (exact) mass is 329 g/mol. The predicted octanol–water partition coefficient (Wildman–Crippen LogP) is 2.41. The van der Waals surface area contributed by atoms with Gasteiger partial charge in [0.1, 0.15) is 6.04 Å². The molecule has 1 aliphatic heterocycles. The minimum absolute atomic E-state index is 0.111. The van der Waals surface area contributed by atoms with Crippen molar-refractivity contribution in [3.8, 4) is 0 Å². The van der Waals surface area contributed by atoms with Crippen molar-refractivity contribution in [3.63, 3.8) is 0 Å². The maximum absolute atomic E-state index is 12.2. The van der Waals surface area contributed by atoms with Crippen LogP contribution < -0.4 is 10.6 Å². The van der Waals surface area contributed by atoms with Gasteiger partial charge in [-0.25, -0.2) is 4.79 Å². The summed E-state index contributed by atoms with van der Waals surface area (Å²) in [6.07, 6.45) is 0.581. The van der Waals surface area contributed by atoms with Gasteiger partial charge in [0.05, 0.1) is 0 Å². The van der Waals surface area contributed by atoms with Crippen molar-refractivity contribution >= 4 is 35.1 Å². The molecule has 2 rings (SSSR count). The first-order chi connectivity index (χ1) is 10.0. The standard InChI is InChI=1S/C14H17Cl2N3O2/c1-2-12-13(20)17-5-6-19(12)14(21)18-8-9-7-10(15)3-4-11(9)16/h3-4,7,12H,2,5-6,8H2,1H3,(H,17,20)(H,18,21)/t12-/m0/s1. The first kappa shape index (κ1) is 15.9. The van der Waals surface area contributed by atoms with E-state index in [0.29, 0.717) is 29.6 Å². The number of benzene rings is 1. The molecule has 0 aromatic heterocycles. The number of rotatable bonds is 3. The highest BCUT2D eigenvalue weighted by Gasteiger charge is 2.31. The highest BCUT2D eigenvalue weighted by molar-refractivity contribution is 6.33. The fraction of sp³-hybridized carbons (Fsp3) is 0.429. The summed E-state index contributed by atoms with van der Waals surface area (Å²) in [6.45, 7) is 3.12. The summed E-state index contributed by atoms with van der Waals surface area (Å²) < 4.78 is 0. The van der Waals surface area contributed by atoms with E-state index < -0.39 is 6.04 Å². The van der Waals surface area contributed by atoms with Gasteiger partial charge in [-0.05, 0) is 30.2 Å². The second-order valence-corrected chi connectivity index (χ2v) is 5.65. The van der Waals surface area contributed by atoms with Crippen molar-refractivity contribution in [3.05, 3.63) is 33.8 Å². The van der Waals surface area contributed by atoms with Crippen LogP contribution in [-0.4, -0.2) is 36.0 Å². The number of hydrogen-bond donors (Lipinski definition) is 2. The number of carbonyl (C=O) groups is 2. The Bertz CT molecular complexity index is 551. The molecule has 1 aromatic rings. The molecule has 0 spiro atoms. The van der Waals surface area contributed by atoms with Gasteiger partial charge in [-0.1, -0.05) is 30.1 Å². The molecule has 0 aliphatic carbocycles. The molecule has 1 saturated heterocycles. The van der Waals surface area contributed by atoms with Crippen molar-refractivity contribution in [2.45, 2.75) is 25.9 Å². The van der Waals surface area contributed by atoms with Crippen LogP contribution in [0.15, 0.2) is 18.2 Å². The van der Waals surface area contributed by atoms with E-state index in [4.69, 9.17) is 23.2 Å². The Labute approximate surface area is 133 Å². The van der Waals surface area contributed by atoms with E-state index in [1.54, 1.807) is 23.1 Å². The van der Waals surface area contributed by atoms with E-state index in [1.807, 2.05) is 6.92 Å². The van der Waals surface area contributed by atoms with Crippen LogP contribution in [0.3, 0.4) is 0 Å². The Morgan fingerprint density at radius 1 is 1.48 bits per heavy atom. The zero-order chi connectivity index (χ0) is 15.4. The smallest absolute Gasteiger partial charge is 0.318 e. The molecule has 21 heavy (non-hydrogen) atoms. The topological polar surface area (TPSA) is 61.4 Å². The third-order valence-corrected chi connectivity index (χ3v) is 4.02. The third-order valence-electron chi connectivity index (χ3n) is 3.42. The highest BCUT2D eigenvalue weighted by Crippen LogP contribution is 2.20. The molecule has 1 aliphatic rings. The second-order valence-electron chi connectivity index (χ2n) is 4.80. The number of piperazine rings is 1. The van der Waals surface area contributed by atoms with Crippen LogP contribution in [0.25, 0.3) is 0 Å². The summed E-state index contributed by atoms with van der Waals surface area (Å²) in [5.74, 6) is -0.111. The fourth-order valence-electron chi connectivity index (χ4n) is 2.31. The molecule has 0 unspecified atom stereocenters. The van der Waals surface area contributed by atoms with Gasteiger partial charge >= 0.3 is 6.03 Å². The van der Waals surface area contributed by atoms with Gasteiger partial charge in [0.2, 0.25) is 5.91 Å².